The maximum absolute atomic E-state index is 8.62. The first-order valence-corrected chi connectivity index (χ1v) is 5.44. The van der Waals surface area contributed by atoms with Crippen molar-refractivity contribution in [1.29, 1.82) is 0 Å². The van der Waals surface area contributed by atoms with Gasteiger partial charge in [0.2, 0.25) is 0 Å². The minimum Gasteiger partial charge on any atom is -0.411 e. The van der Waals surface area contributed by atoms with Gasteiger partial charge in [-0.05, 0) is 25.7 Å². The normalized spacial score (nSPS) is 21.1. The molecule has 0 spiro atoms. The van der Waals surface area contributed by atoms with Crippen LogP contribution in [0.2, 0.25) is 0 Å². The van der Waals surface area contributed by atoms with E-state index in [-0.39, 0.29) is 6.10 Å². The summed E-state index contributed by atoms with van der Waals surface area (Å²) >= 11 is 0. The topological polar surface area (TPSA) is 72.5 Å². The first-order valence-electron chi connectivity index (χ1n) is 5.44. The van der Waals surface area contributed by atoms with E-state index >= 15 is 0 Å². The average Bonchev–Trinajstić information content (AvgIpc) is 2.73. The lowest BCUT2D eigenvalue weighted by atomic mass is 9.96. The standard InChI is InChI=1S/C10H16N4O2/c1-14-10(11-7-12-14)6-16-9-4-2-8(13-15)3-5-9/h7,9,15H,2-6H2,1H3. The minimum atomic E-state index is 0.238. The summed E-state index contributed by atoms with van der Waals surface area (Å²) in [4.78, 5) is 4.09. The van der Waals surface area contributed by atoms with Crippen LogP contribution in [0, 0.1) is 0 Å². The van der Waals surface area contributed by atoms with Crippen LogP contribution in [-0.2, 0) is 18.4 Å². The lowest BCUT2D eigenvalue weighted by molar-refractivity contribution is 0.0227. The average molecular weight is 224 g/mol. The highest BCUT2D eigenvalue weighted by molar-refractivity contribution is 5.84. The van der Waals surface area contributed by atoms with Crippen LogP contribution >= 0.6 is 0 Å². The van der Waals surface area contributed by atoms with E-state index in [9.17, 15) is 0 Å². The second kappa shape index (κ2) is 5.07. The van der Waals surface area contributed by atoms with E-state index in [0.29, 0.717) is 6.61 Å². The van der Waals surface area contributed by atoms with Crippen LogP contribution in [0.15, 0.2) is 11.5 Å². The molecule has 1 aliphatic rings. The van der Waals surface area contributed by atoms with Crippen molar-refractivity contribution in [3.05, 3.63) is 12.2 Å². The van der Waals surface area contributed by atoms with E-state index in [1.165, 1.54) is 6.33 Å². The highest BCUT2D eigenvalue weighted by atomic mass is 16.5. The van der Waals surface area contributed by atoms with Gasteiger partial charge < -0.3 is 9.94 Å². The third kappa shape index (κ3) is 2.57. The third-order valence-electron chi connectivity index (χ3n) is 2.90. The van der Waals surface area contributed by atoms with Gasteiger partial charge in [0.25, 0.3) is 0 Å². The number of nitrogens with zero attached hydrogens (tertiary/aromatic N) is 4. The van der Waals surface area contributed by atoms with Crippen molar-refractivity contribution < 1.29 is 9.94 Å². The van der Waals surface area contributed by atoms with E-state index < -0.39 is 0 Å². The van der Waals surface area contributed by atoms with Gasteiger partial charge in [-0.3, -0.25) is 4.68 Å². The molecular formula is C10H16N4O2. The maximum atomic E-state index is 8.62. The summed E-state index contributed by atoms with van der Waals surface area (Å²) in [5, 5.41) is 15.8. The highest BCUT2D eigenvalue weighted by Crippen LogP contribution is 2.19. The summed E-state index contributed by atoms with van der Waals surface area (Å²) in [7, 11) is 1.85. The molecule has 1 aromatic rings. The second-order valence-corrected chi connectivity index (χ2v) is 3.98. The van der Waals surface area contributed by atoms with Gasteiger partial charge in [-0.15, -0.1) is 0 Å². The van der Waals surface area contributed by atoms with Gasteiger partial charge in [0.1, 0.15) is 12.9 Å². The lowest BCUT2D eigenvalue weighted by Crippen LogP contribution is -2.22. The van der Waals surface area contributed by atoms with E-state index in [1.54, 1.807) is 4.68 Å². The number of aryl methyl sites for hydroxylation is 1. The Balaban J connectivity index is 1.78. The summed E-state index contributed by atoms with van der Waals surface area (Å²) in [6.45, 7) is 0.493. The van der Waals surface area contributed by atoms with Crippen molar-refractivity contribution in [1.82, 2.24) is 14.8 Å². The maximum Gasteiger partial charge on any atom is 0.152 e. The summed E-state index contributed by atoms with van der Waals surface area (Å²) < 4.78 is 7.45. The third-order valence-corrected chi connectivity index (χ3v) is 2.90. The largest absolute Gasteiger partial charge is 0.411 e. The van der Waals surface area contributed by atoms with Crippen LogP contribution in [0.4, 0.5) is 0 Å². The molecule has 2 rings (SSSR count). The Bertz CT molecular complexity index is 365. The summed E-state index contributed by atoms with van der Waals surface area (Å²) in [5.41, 5.74) is 0.874. The van der Waals surface area contributed by atoms with Gasteiger partial charge in [-0.25, -0.2) is 4.98 Å². The van der Waals surface area contributed by atoms with Gasteiger partial charge in [0, 0.05) is 7.05 Å². The zero-order valence-corrected chi connectivity index (χ0v) is 9.33. The molecule has 0 saturated heterocycles. The van der Waals surface area contributed by atoms with Crippen LogP contribution in [0.5, 0.6) is 0 Å². The number of ether oxygens (including phenoxy) is 1. The lowest BCUT2D eigenvalue weighted by Gasteiger charge is -2.22. The first kappa shape index (κ1) is 11.1. The van der Waals surface area contributed by atoms with Crippen LogP contribution in [-0.4, -0.2) is 31.8 Å². The number of aromatic nitrogens is 3. The molecule has 0 atom stereocenters. The summed E-state index contributed by atoms with van der Waals surface area (Å²) in [5.74, 6) is 0.835. The molecule has 16 heavy (non-hydrogen) atoms. The molecule has 6 heteroatoms. The Morgan fingerprint density at radius 1 is 1.56 bits per heavy atom. The molecule has 0 radical (unpaired) electrons. The molecule has 1 N–H and O–H groups in total. The van der Waals surface area contributed by atoms with E-state index in [1.807, 2.05) is 7.05 Å². The molecule has 1 aromatic heterocycles. The Morgan fingerprint density at radius 2 is 2.31 bits per heavy atom. The molecule has 6 nitrogen and oxygen atoms in total. The smallest absolute Gasteiger partial charge is 0.152 e. The van der Waals surface area contributed by atoms with Crippen molar-refractivity contribution in [3.63, 3.8) is 0 Å². The van der Waals surface area contributed by atoms with Crippen molar-refractivity contribution in [2.24, 2.45) is 12.2 Å². The fourth-order valence-corrected chi connectivity index (χ4v) is 1.83. The molecule has 0 aromatic carbocycles. The quantitative estimate of drug-likeness (QED) is 0.616. The molecule has 1 aliphatic carbocycles. The molecule has 0 unspecified atom stereocenters. The fraction of sp³-hybridized carbons (Fsp3) is 0.700. The molecule has 1 heterocycles. The van der Waals surface area contributed by atoms with Crippen LogP contribution in [0.3, 0.4) is 0 Å². The van der Waals surface area contributed by atoms with Crippen molar-refractivity contribution in [3.8, 4) is 0 Å². The monoisotopic (exact) mass is 224 g/mol. The van der Waals surface area contributed by atoms with Crippen LogP contribution in [0.1, 0.15) is 31.5 Å². The van der Waals surface area contributed by atoms with E-state index in [2.05, 4.69) is 15.2 Å². The predicted molar refractivity (Wildman–Crippen MR) is 57.3 cm³/mol. The number of rotatable bonds is 3. The molecule has 0 aliphatic heterocycles. The zero-order chi connectivity index (χ0) is 11.4. The van der Waals surface area contributed by atoms with Gasteiger partial charge in [0.05, 0.1) is 11.8 Å². The summed E-state index contributed by atoms with van der Waals surface area (Å²) in [6, 6.07) is 0. The number of hydrogen-bond donors (Lipinski definition) is 1. The second-order valence-electron chi connectivity index (χ2n) is 3.98. The molecular weight excluding hydrogens is 208 g/mol. The van der Waals surface area contributed by atoms with Crippen molar-refractivity contribution >= 4 is 5.71 Å². The van der Waals surface area contributed by atoms with E-state index in [0.717, 1.165) is 37.2 Å². The number of oxime groups is 1. The SMILES string of the molecule is Cn1ncnc1COC1CCC(=NO)CC1. The molecule has 0 amide bonds. The van der Waals surface area contributed by atoms with Gasteiger partial charge in [-0.1, -0.05) is 5.16 Å². The van der Waals surface area contributed by atoms with Crippen LogP contribution in [0.25, 0.3) is 0 Å². The zero-order valence-electron chi connectivity index (χ0n) is 9.33. The summed E-state index contributed by atoms with van der Waals surface area (Å²) in [6.07, 6.45) is 5.23. The van der Waals surface area contributed by atoms with Crippen molar-refractivity contribution in [2.45, 2.75) is 38.4 Å². The minimum absolute atomic E-state index is 0.238. The molecule has 1 saturated carbocycles. The predicted octanol–water partition coefficient (Wildman–Crippen LogP) is 1.10. The van der Waals surface area contributed by atoms with Gasteiger partial charge >= 0.3 is 0 Å². The first-order chi connectivity index (χ1) is 7.79. The Labute approximate surface area is 93.9 Å². The highest BCUT2D eigenvalue weighted by Gasteiger charge is 2.18. The van der Waals surface area contributed by atoms with Crippen molar-refractivity contribution in [2.75, 3.05) is 0 Å². The van der Waals surface area contributed by atoms with Gasteiger partial charge in [-0.2, -0.15) is 5.10 Å². The van der Waals surface area contributed by atoms with Gasteiger partial charge in [0.15, 0.2) is 5.82 Å². The Kier molecular flexibility index (Phi) is 3.51. The Morgan fingerprint density at radius 3 is 2.88 bits per heavy atom. The number of hydrogen-bond acceptors (Lipinski definition) is 5. The van der Waals surface area contributed by atoms with Crippen LogP contribution < -0.4 is 0 Å². The fourth-order valence-electron chi connectivity index (χ4n) is 1.83. The molecule has 1 fully saturated rings. The van der Waals surface area contributed by atoms with E-state index in [4.69, 9.17) is 9.94 Å². The molecule has 88 valence electrons. The molecule has 0 bridgehead atoms. The Hall–Kier alpha value is -1.43.